The monoisotopic (exact) mass is 448 g/mol. The third-order valence-corrected chi connectivity index (χ3v) is 5.75. The maximum absolute atomic E-state index is 13.7. The summed E-state index contributed by atoms with van der Waals surface area (Å²) < 4.78 is 46.3. The van der Waals surface area contributed by atoms with Crippen molar-refractivity contribution in [3.63, 3.8) is 0 Å². The second-order valence-electron chi connectivity index (χ2n) is 6.29. The molecule has 30 heavy (non-hydrogen) atoms. The first-order valence-corrected chi connectivity index (χ1v) is 10.7. The second-order valence-corrected chi connectivity index (χ2v) is 8.38. The zero-order valence-electron chi connectivity index (χ0n) is 15.8. The van der Waals surface area contributed by atoms with Crippen LogP contribution in [-0.2, 0) is 14.8 Å². The van der Waals surface area contributed by atoms with Crippen LogP contribution in [0.5, 0.6) is 5.75 Å². The summed E-state index contributed by atoms with van der Waals surface area (Å²) in [7, 11) is -3.98. The molecular formula is C21H18ClFN2O4S. The van der Waals surface area contributed by atoms with Gasteiger partial charge in [0.2, 0.25) is 0 Å². The molecule has 0 spiro atoms. The van der Waals surface area contributed by atoms with Crippen molar-refractivity contribution in [3.05, 3.63) is 83.6 Å². The number of halogens is 2. The normalized spacial score (nSPS) is 12.1. The molecule has 3 rings (SSSR count). The van der Waals surface area contributed by atoms with Crippen LogP contribution in [0.25, 0.3) is 0 Å². The molecule has 0 saturated heterocycles. The van der Waals surface area contributed by atoms with E-state index in [-0.39, 0.29) is 10.6 Å². The first kappa shape index (κ1) is 21.6. The van der Waals surface area contributed by atoms with Gasteiger partial charge in [-0.2, -0.15) is 0 Å². The van der Waals surface area contributed by atoms with Crippen LogP contribution in [0.4, 0.5) is 15.8 Å². The van der Waals surface area contributed by atoms with Crippen molar-refractivity contribution >= 4 is 38.9 Å². The highest BCUT2D eigenvalue weighted by Crippen LogP contribution is 2.25. The van der Waals surface area contributed by atoms with Gasteiger partial charge in [-0.1, -0.05) is 35.9 Å². The standard InChI is InChI=1S/C21H18ClFN2O4S/c1-14(29-20-9-5-2-6-17(20)22)21(26)24-15-10-12-16(13-11-15)30(27,28)25-19-8-4-3-7-18(19)23/h2-14,25H,1H3,(H,24,26)/t14-/m1/s1. The van der Waals surface area contributed by atoms with E-state index in [1.807, 2.05) is 0 Å². The Morgan fingerprint density at radius 3 is 2.30 bits per heavy atom. The molecule has 6 nitrogen and oxygen atoms in total. The highest BCUT2D eigenvalue weighted by Gasteiger charge is 2.18. The number of rotatable bonds is 7. The van der Waals surface area contributed by atoms with Crippen LogP contribution < -0.4 is 14.8 Å². The smallest absolute Gasteiger partial charge is 0.265 e. The van der Waals surface area contributed by atoms with E-state index in [0.717, 1.165) is 6.07 Å². The molecule has 0 radical (unpaired) electrons. The van der Waals surface area contributed by atoms with Crippen molar-refractivity contribution in [3.8, 4) is 5.75 Å². The summed E-state index contributed by atoms with van der Waals surface area (Å²) in [6.07, 6.45) is -0.837. The van der Waals surface area contributed by atoms with E-state index in [4.69, 9.17) is 16.3 Å². The average Bonchev–Trinajstić information content (AvgIpc) is 2.71. The number of hydrogen-bond donors (Lipinski definition) is 2. The van der Waals surface area contributed by atoms with Gasteiger partial charge in [-0.05, 0) is 55.5 Å². The number of carbonyl (C=O) groups is 1. The molecule has 0 unspecified atom stereocenters. The molecule has 3 aromatic rings. The number of hydrogen-bond acceptors (Lipinski definition) is 4. The van der Waals surface area contributed by atoms with Gasteiger partial charge in [-0.15, -0.1) is 0 Å². The zero-order chi connectivity index (χ0) is 21.7. The van der Waals surface area contributed by atoms with Crippen molar-refractivity contribution in [2.45, 2.75) is 17.9 Å². The molecule has 0 aliphatic carbocycles. The van der Waals surface area contributed by atoms with E-state index >= 15 is 0 Å². The quantitative estimate of drug-likeness (QED) is 0.549. The maximum atomic E-state index is 13.7. The van der Waals surface area contributed by atoms with Crippen LogP contribution in [0.15, 0.2) is 77.7 Å². The molecule has 1 amide bonds. The van der Waals surface area contributed by atoms with E-state index in [9.17, 15) is 17.6 Å². The van der Waals surface area contributed by atoms with Gasteiger partial charge in [0, 0.05) is 5.69 Å². The predicted molar refractivity (Wildman–Crippen MR) is 114 cm³/mol. The minimum atomic E-state index is -3.98. The third-order valence-electron chi connectivity index (χ3n) is 4.06. The average molecular weight is 449 g/mol. The van der Waals surface area contributed by atoms with Gasteiger partial charge >= 0.3 is 0 Å². The van der Waals surface area contributed by atoms with Gasteiger partial charge in [-0.25, -0.2) is 12.8 Å². The summed E-state index contributed by atoms with van der Waals surface area (Å²) in [5, 5.41) is 3.02. The van der Waals surface area contributed by atoms with Gasteiger partial charge in [0.05, 0.1) is 15.6 Å². The largest absolute Gasteiger partial charge is 0.479 e. The fourth-order valence-corrected chi connectivity index (χ4v) is 3.74. The molecule has 0 aromatic heterocycles. The first-order chi connectivity index (χ1) is 14.3. The zero-order valence-corrected chi connectivity index (χ0v) is 17.4. The molecular weight excluding hydrogens is 431 g/mol. The van der Waals surface area contributed by atoms with Gasteiger partial charge < -0.3 is 10.1 Å². The summed E-state index contributed by atoms with van der Waals surface area (Å²) in [4.78, 5) is 12.3. The number of amides is 1. The molecule has 0 aliphatic rings. The molecule has 9 heteroatoms. The third kappa shape index (κ3) is 5.28. The van der Waals surface area contributed by atoms with Crippen LogP contribution in [0, 0.1) is 5.82 Å². The van der Waals surface area contributed by atoms with Crippen LogP contribution in [0.2, 0.25) is 5.02 Å². The van der Waals surface area contributed by atoms with Gasteiger partial charge in [-0.3, -0.25) is 9.52 Å². The van der Waals surface area contributed by atoms with Crippen LogP contribution in [-0.4, -0.2) is 20.4 Å². The maximum Gasteiger partial charge on any atom is 0.265 e. The first-order valence-electron chi connectivity index (χ1n) is 8.86. The van der Waals surface area contributed by atoms with Crippen molar-refractivity contribution in [2.24, 2.45) is 0 Å². The fourth-order valence-electron chi connectivity index (χ4n) is 2.49. The molecule has 0 heterocycles. The van der Waals surface area contributed by atoms with Crippen molar-refractivity contribution in [2.75, 3.05) is 10.0 Å². The Bertz CT molecular complexity index is 1150. The lowest BCUT2D eigenvalue weighted by molar-refractivity contribution is -0.122. The number of benzene rings is 3. The Balaban J connectivity index is 1.66. The van der Waals surface area contributed by atoms with E-state index in [1.165, 1.54) is 42.5 Å². The second kappa shape index (κ2) is 9.15. The number of sulfonamides is 1. The summed E-state index contributed by atoms with van der Waals surface area (Å²) in [5.41, 5.74) is 0.222. The van der Waals surface area contributed by atoms with Crippen LogP contribution >= 0.6 is 11.6 Å². The molecule has 0 fully saturated rings. The Hall–Kier alpha value is -3.10. The van der Waals surface area contributed by atoms with E-state index in [0.29, 0.717) is 16.5 Å². The summed E-state index contributed by atoms with van der Waals surface area (Å²) in [5.74, 6) is -0.741. The Morgan fingerprint density at radius 2 is 1.63 bits per heavy atom. The summed E-state index contributed by atoms with van der Waals surface area (Å²) in [6, 6.07) is 17.7. The molecule has 0 bridgehead atoms. The summed E-state index contributed by atoms with van der Waals surface area (Å²) >= 11 is 6.02. The van der Waals surface area contributed by atoms with Gasteiger partial charge in [0.15, 0.2) is 6.10 Å². The van der Waals surface area contributed by atoms with Gasteiger partial charge in [0.25, 0.3) is 15.9 Å². The molecule has 3 aromatic carbocycles. The Kier molecular flexibility index (Phi) is 6.59. The highest BCUT2D eigenvalue weighted by molar-refractivity contribution is 7.92. The minimum Gasteiger partial charge on any atom is -0.479 e. The van der Waals surface area contributed by atoms with E-state index in [2.05, 4.69) is 10.0 Å². The lowest BCUT2D eigenvalue weighted by Gasteiger charge is -2.16. The number of anilines is 2. The number of ether oxygens (including phenoxy) is 1. The lowest BCUT2D eigenvalue weighted by Crippen LogP contribution is -2.30. The molecule has 156 valence electrons. The molecule has 0 saturated carbocycles. The van der Waals surface area contributed by atoms with Crippen LogP contribution in [0.1, 0.15) is 6.92 Å². The van der Waals surface area contributed by atoms with Crippen molar-refractivity contribution < 1.29 is 22.3 Å². The fraction of sp³-hybridized carbons (Fsp3) is 0.0952. The van der Waals surface area contributed by atoms with E-state index in [1.54, 1.807) is 31.2 Å². The number of para-hydroxylation sites is 2. The van der Waals surface area contributed by atoms with Crippen molar-refractivity contribution in [1.82, 2.24) is 0 Å². The predicted octanol–water partition coefficient (Wildman–Crippen LogP) is 4.69. The number of nitrogens with one attached hydrogen (secondary N) is 2. The summed E-state index contributed by atoms with van der Waals surface area (Å²) in [6.45, 7) is 1.57. The topological polar surface area (TPSA) is 84.5 Å². The van der Waals surface area contributed by atoms with E-state index < -0.39 is 27.9 Å². The highest BCUT2D eigenvalue weighted by atomic mass is 35.5. The lowest BCUT2D eigenvalue weighted by atomic mass is 10.3. The minimum absolute atomic E-state index is 0.0795. The Labute approximate surface area is 178 Å². The molecule has 0 aliphatic heterocycles. The van der Waals surface area contributed by atoms with Crippen LogP contribution in [0.3, 0.4) is 0 Å². The molecule has 1 atom stereocenters. The SMILES string of the molecule is C[C@@H](Oc1ccccc1Cl)C(=O)Nc1ccc(S(=O)(=O)Nc2ccccc2F)cc1. The van der Waals surface area contributed by atoms with Gasteiger partial charge in [0.1, 0.15) is 11.6 Å². The van der Waals surface area contributed by atoms with Crippen molar-refractivity contribution in [1.29, 1.82) is 0 Å². The Morgan fingerprint density at radius 1 is 1.00 bits per heavy atom. The molecule has 2 N–H and O–H groups in total. The number of carbonyl (C=O) groups excluding carboxylic acids is 1.